The highest BCUT2D eigenvalue weighted by Gasteiger charge is 2.54. The normalized spacial score (nSPS) is 31.4. The highest BCUT2D eigenvalue weighted by atomic mass is 16.2. The predicted octanol–water partition coefficient (Wildman–Crippen LogP) is 4.69. The van der Waals surface area contributed by atoms with E-state index in [9.17, 15) is 9.59 Å². The van der Waals surface area contributed by atoms with Gasteiger partial charge in [-0.05, 0) is 93.7 Å². The lowest BCUT2D eigenvalue weighted by molar-refractivity contribution is -0.147. The summed E-state index contributed by atoms with van der Waals surface area (Å²) in [4.78, 5) is 25.7. The molecule has 1 aromatic rings. The number of anilines is 1. The van der Waals surface area contributed by atoms with E-state index in [0.717, 1.165) is 49.1 Å². The van der Waals surface area contributed by atoms with E-state index < -0.39 is 6.04 Å². The van der Waals surface area contributed by atoms with Gasteiger partial charge in [0.1, 0.15) is 6.04 Å². The maximum atomic E-state index is 13.1. The Morgan fingerprint density at radius 1 is 1.04 bits per heavy atom. The summed E-state index contributed by atoms with van der Waals surface area (Å²) in [6, 6.07) is 7.54. The van der Waals surface area contributed by atoms with E-state index in [4.69, 9.17) is 0 Å². The molecule has 152 valence electrons. The molecule has 0 radical (unpaired) electrons. The molecule has 0 heterocycles. The molecule has 4 saturated carbocycles. The minimum absolute atomic E-state index is 0.115. The molecule has 5 rings (SSSR count). The quantitative estimate of drug-likeness (QED) is 0.719. The number of amides is 2. The van der Waals surface area contributed by atoms with E-state index in [1.807, 2.05) is 12.1 Å². The van der Waals surface area contributed by atoms with Crippen molar-refractivity contribution in [1.29, 1.82) is 0 Å². The lowest BCUT2D eigenvalue weighted by Gasteiger charge is -2.55. The van der Waals surface area contributed by atoms with Gasteiger partial charge in [0, 0.05) is 11.1 Å². The summed E-state index contributed by atoms with van der Waals surface area (Å²) in [5.74, 6) is 2.16. The number of hydrogen-bond acceptors (Lipinski definition) is 2. The Labute approximate surface area is 168 Å². The van der Waals surface area contributed by atoms with Gasteiger partial charge in [-0.3, -0.25) is 9.59 Å². The van der Waals surface area contributed by atoms with Gasteiger partial charge in [-0.25, -0.2) is 0 Å². The van der Waals surface area contributed by atoms with Crippen LogP contribution in [0.3, 0.4) is 0 Å². The van der Waals surface area contributed by atoms with Crippen LogP contribution in [0.4, 0.5) is 5.69 Å². The first kappa shape index (κ1) is 19.5. The van der Waals surface area contributed by atoms with Crippen LogP contribution < -0.4 is 10.6 Å². The van der Waals surface area contributed by atoms with E-state index in [0.29, 0.717) is 0 Å². The molecule has 2 N–H and O–H groups in total. The van der Waals surface area contributed by atoms with Crippen LogP contribution in [0.25, 0.3) is 0 Å². The van der Waals surface area contributed by atoms with Gasteiger partial charge in [-0.15, -0.1) is 0 Å². The van der Waals surface area contributed by atoms with Crippen LogP contribution in [0.5, 0.6) is 0 Å². The fraction of sp³-hybridized carbons (Fsp3) is 0.667. The van der Waals surface area contributed by atoms with Crippen molar-refractivity contribution < 1.29 is 9.59 Å². The third-order valence-electron chi connectivity index (χ3n) is 7.30. The molecule has 0 aromatic heterocycles. The molecular weight excluding hydrogens is 348 g/mol. The topological polar surface area (TPSA) is 58.2 Å². The number of benzene rings is 1. The van der Waals surface area contributed by atoms with Crippen molar-refractivity contribution in [2.45, 2.75) is 77.7 Å². The minimum Gasteiger partial charge on any atom is -0.344 e. The molecule has 0 unspecified atom stereocenters. The molecule has 1 atom stereocenters. The van der Waals surface area contributed by atoms with E-state index in [1.54, 1.807) is 6.92 Å². The van der Waals surface area contributed by atoms with Gasteiger partial charge in [0.05, 0.1) is 0 Å². The molecule has 4 aliphatic carbocycles. The molecule has 0 aliphatic heterocycles. The Balaban J connectivity index is 1.32. The third kappa shape index (κ3) is 3.97. The van der Waals surface area contributed by atoms with E-state index in [-0.39, 0.29) is 17.2 Å². The molecule has 4 fully saturated rings. The number of rotatable bonds is 7. The van der Waals surface area contributed by atoms with Crippen LogP contribution in [-0.2, 0) is 16.0 Å². The summed E-state index contributed by atoms with van der Waals surface area (Å²) in [5, 5.41) is 6.00. The van der Waals surface area contributed by atoms with Crippen LogP contribution >= 0.6 is 0 Å². The smallest absolute Gasteiger partial charge is 0.246 e. The van der Waals surface area contributed by atoms with Gasteiger partial charge in [0.15, 0.2) is 0 Å². The molecule has 4 nitrogen and oxygen atoms in total. The van der Waals surface area contributed by atoms with E-state index in [2.05, 4.69) is 29.7 Å². The van der Waals surface area contributed by atoms with E-state index in [1.165, 1.54) is 37.7 Å². The van der Waals surface area contributed by atoms with Gasteiger partial charge in [0.2, 0.25) is 11.8 Å². The van der Waals surface area contributed by atoms with Crippen LogP contribution in [0.2, 0.25) is 0 Å². The zero-order chi connectivity index (χ0) is 19.7. The molecular formula is C24H34N2O2. The van der Waals surface area contributed by atoms with Crippen molar-refractivity contribution in [2.75, 3.05) is 5.32 Å². The molecule has 0 saturated heterocycles. The first-order chi connectivity index (χ1) is 13.5. The summed E-state index contributed by atoms with van der Waals surface area (Å²) in [6.45, 7) is 3.98. The molecule has 28 heavy (non-hydrogen) atoms. The first-order valence-electron chi connectivity index (χ1n) is 11.2. The Morgan fingerprint density at radius 2 is 1.61 bits per heavy atom. The average Bonchev–Trinajstić information content (AvgIpc) is 2.66. The van der Waals surface area contributed by atoms with Crippen LogP contribution in [0.15, 0.2) is 24.3 Å². The van der Waals surface area contributed by atoms with Crippen LogP contribution in [0, 0.1) is 23.2 Å². The molecule has 0 spiro atoms. The van der Waals surface area contributed by atoms with Gasteiger partial charge < -0.3 is 10.6 Å². The van der Waals surface area contributed by atoms with E-state index >= 15 is 0 Å². The Hall–Kier alpha value is -1.84. The zero-order valence-electron chi connectivity index (χ0n) is 17.3. The second-order valence-electron chi connectivity index (χ2n) is 9.68. The maximum absolute atomic E-state index is 13.1. The number of nitrogens with one attached hydrogen (secondary N) is 2. The highest BCUT2D eigenvalue weighted by molar-refractivity contribution is 5.97. The molecule has 4 aliphatic rings. The predicted molar refractivity (Wildman–Crippen MR) is 112 cm³/mol. The number of hydrogen-bond donors (Lipinski definition) is 2. The minimum atomic E-state index is -0.514. The Bertz CT molecular complexity index is 689. The van der Waals surface area contributed by atoms with Gasteiger partial charge in [-0.2, -0.15) is 0 Å². The maximum Gasteiger partial charge on any atom is 0.246 e. The Morgan fingerprint density at radius 3 is 2.14 bits per heavy atom. The third-order valence-corrected chi connectivity index (χ3v) is 7.30. The first-order valence-corrected chi connectivity index (χ1v) is 11.2. The van der Waals surface area contributed by atoms with Crippen molar-refractivity contribution in [1.82, 2.24) is 5.32 Å². The van der Waals surface area contributed by atoms with Gasteiger partial charge >= 0.3 is 0 Å². The number of carbonyl (C=O) groups is 2. The molecule has 4 heteroatoms. The highest BCUT2D eigenvalue weighted by Crippen LogP contribution is 2.60. The lowest BCUT2D eigenvalue weighted by atomic mass is 9.49. The largest absolute Gasteiger partial charge is 0.344 e. The molecule has 1 aromatic carbocycles. The Kier molecular flexibility index (Phi) is 5.48. The second-order valence-corrected chi connectivity index (χ2v) is 9.68. The number of aryl methyl sites for hydroxylation is 1. The monoisotopic (exact) mass is 382 g/mol. The van der Waals surface area contributed by atoms with Crippen molar-refractivity contribution in [3.63, 3.8) is 0 Å². The van der Waals surface area contributed by atoms with Crippen molar-refractivity contribution in [3.05, 3.63) is 29.8 Å². The van der Waals surface area contributed by atoms with Gasteiger partial charge in [0.25, 0.3) is 0 Å². The number of carbonyl (C=O) groups excluding carboxylic acids is 2. The fourth-order valence-electron chi connectivity index (χ4n) is 6.19. The summed E-state index contributed by atoms with van der Waals surface area (Å²) < 4.78 is 0. The van der Waals surface area contributed by atoms with Crippen molar-refractivity contribution in [2.24, 2.45) is 23.2 Å². The fourth-order valence-corrected chi connectivity index (χ4v) is 6.19. The summed E-state index contributed by atoms with van der Waals surface area (Å²) in [5.41, 5.74) is 1.88. The molecule has 4 bridgehead atoms. The van der Waals surface area contributed by atoms with Crippen LogP contribution in [-0.4, -0.2) is 17.9 Å². The lowest BCUT2D eigenvalue weighted by Crippen LogP contribution is -2.56. The molecule has 2 amide bonds. The zero-order valence-corrected chi connectivity index (χ0v) is 17.3. The van der Waals surface area contributed by atoms with Gasteiger partial charge in [-0.1, -0.05) is 25.5 Å². The standard InChI is InChI=1S/C24H34N2O2/c1-3-4-5-17-6-8-21(9-7-17)26-22(27)16(2)25-23(28)24-13-18-10-19(14-24)12-20(11-18)15-24/h6-9,16,18-20H,3-5,10-15H2,1-2H3,(H,25,28)(H,26,27)/t16-,18?,19?,20?,24?/m1/s1. The SMILES string of the molecule is CCCCc1ccc(NC(=O)[C@@H](C)NC(=O)C23CC4CC(CC(C4)C2)C3)cc1. The second kappa shape index (κ2) is 7.88. The van der Waals surface area contributed by atoms with Crippen molar-refractivity contribution in [3.8, 4) is 0 Å². The van der Waals surface area contributed by atoms with Crippen LogP contribution in [0.1, 0.15) is 70.8 Å². The summed E-state index contributed by atoms with van der Waals surface area (Å²) >= 11 is 0. The summed E-state index contributed by atoms with van der Waals surface area (Å²) in [7, 11) is 0. The van der Waals surface area contributed by atoms with Crippen molar-refractivity contribution >= 4 is 17.5 Å². The summed E-state index contributed by atoms with van der Waals surface area (Å²) in [6.07, 6.45) is 10.5. The average molecular weight is 383 g/mol. The number of unbranched alkanes of at least 4 members (excludes halogenated alkanes) is 1.